The molecule has 1 aliphatic rings. The van der Waals surface area contributed by atoms with Crippen molar-refractivity contribution in [2.75, 3.05) is 14.2 Å². The Kier molecular flexibility index (Phi) is 8.75. The number of benzene rings is 2. The molecule has 0 spiro atoms. The van der Waals surface area contributed by atoms with Crippen LogP contribution in [-0.4, -0.2) is 36.2 Å². The Labute approximate surface area is 232 Å². The van der Waals surface area contributed by atoms with E-state index in [1.165, 1.54) is 19.2 Å². The molecule has 38 heavy (non-hydrogen) atoms. The van der Waals surface area contributed by atoms with E-state index in [1.54, 1.807) is 25.3 Å². The number of rotatable bonds is 10. The van der Waals surface area contributed by atoms with Crippen LogP contribution in [0, 0.1) is 0 Å². The van der Waals surface area contributed by atoms with Crippen LogP contribution in [-0.2, 0) is 29.1 Å². The maximum Gasteiger partial charge on any atom is 0.373 e. The lowest BCUT2D eigenvalue weighted by Gasteiger charge is -2.16. The van der Waals surface area contributed by atoms with Crippen molar-refractivity contribution in [3.05, 3.63) is 98.8 Å². The van der Waals surface area contributed by atoms with E-state index in [9.17, 15) is 14.4 Å². The lowest BCUT2D eigenvalue weighted by Crippen LogP contribution is -2.27. The van der Waals surface area contributed by atoms with Gasteiger partial charge >= 0.3 is 5.97 Å². The highest BCUT2D eigenvalue weighted by Crippen LogP contribution is 2.38. The monoisotopic (exact) mass is 597 g/mol. The third-order valence-electron chi connectivity index (χ3n) is 5.57. The molecule has 10 heteroatoms. The van der Waals surface area contributed by atoms with Crippen molar-refractivity contribution in [3.8, 4) is 11.5 Å². The van der Waals surface area contributed by atoms with Gasteiger partial charge in [-0.05, 0) is 71.8 Å². The maximum absolute atomic E-state index is 13.0. The molecule has 0 atom stereocenters. The first-order valence-corrected chi connectivity index (χ1v) is 13.0. The summed E-state index contributed by atoms with van der Waals surface area (Å²) in [7, 11) is 2.78. The SMILES string of the molecule is C=CCc1cc(/C=C2/SC(=O)N(Cc3ccc(C(=O)OC)o3)C2=O)cc(OC)c1OCc1ccc(Br)cc1. The zero-order chi connectivity index (χ0) is 27.2. The number of furan rings is 1. The molecular weight excluding hydrogens is 574 g/mol. The van der Waals surface area contributed by atoms with E-state index in [2.05, 4.69) is 27.2 Å². The lowest BCUT2D eigenvalue weighted by molar-refractivity contribution is -0.123. The molecule has 1 saturated heterocycles. The first-order chi connectivity index (χ1) is 18.3. The number of amides is 2. The smallest absolute Gasteiger partial charge is 0.373 e. The number of carbonyl (C=O) groups is 3. The fraction of sp³-hybridized carbons (Fsp3) is 0.179. The highest BCUT2D eigenvalue weighted by molar-refractivity contribution is 9.10. The number of esters is 1. The van der Waals surface area contributed by atoms with E-state index >= 15 is 0 Å². The summed E-state index contributed by atoms with van der Waals surface area (Å²) >= 11 is 4.26. The van der Waals surface area contributed by atoms with Crippen LogP contribution >= 0.6 is 27.7 Å². The van der Waals surface area contributed by atoms with Crippen molar-refractivity contribution in [1.29, 1.82) is 0 Å². The van der Waals surface area contributed by atoms with E-state index in [0.29, 0.717) is 30.1 Å². The van der Waals surface area contributed by atoms with Crippen molar-refractivity contribution < 1.29 is 33.0 Å². The van der Waals surface area contributed by atoms with Gasteiger partial charge in [0, 0.05) is 10.0 Å². The number of hydrogen-bond donors (Lipinski definition) is 0. The summed E-state index contributed by atoms with van der Waals surface area (Å²) in [6, 6.07) is 14.4. The zero-order valence-corrected chi connectivity index (χ0v) is 23.1. The number of hydrogen-bond acceptors (Lipinski definition) is 8. The normalized spacial score (nSPS) is 14.2. The van der Waals surface area contributed by atoms with Crippen LogP contribution in [0.3, 0.4) is 0 Å². The number of thioether (sulfide) groups is 1. The van der Waals surface area contributed by atoms with Gasteiger partial charge in [-0.15, -0.1) is 6.58 Å². The number of nitrogens with zero attached hydrogens (tertiary/aromatic N) is 1. The van der Waals surface area contributed by atoms with Crippen molar-refractivity contribution in [2.45, 2.75) is 19.6 Å². The Hall–Kier alpha value is -3.76. The van der Waals surface area contributed by atoms with Crippen LogP contribution in [0.2, 0.25) is 0 Å². The largest absolute Gasteiger partial charge is 0.493 e. The second-order valence-corrected chi connectivity index (χ2v) is 10.1. The molecule has 3 aromatic rings. The van der Waals surface area contributed by atoms with Crippen LogP contribution in [0.25, 0.3) is 6.08 Å². The second-order valence-electron chi connectivity index (χ2n) is 8.14. The quantitative estimate of drug-likeness (QED) is 0.151. The van der Waals surface area contributed by atoms with E-state index in [0.717, 1.165) is 32.3 Å². The van der Waals surface area contributed by atoms with Crippen LogP contribution < -0.4 is 9.47 Å². The van der Waals surface area contributed by atoms with E-state index < -0.39 is 17.1 Å². The Balaban J connectivity index is 1.56. The highest BCUT2D eigenvalue weighted by Gasteiger charge is 2.36. The third kappa shape index (κ3) is 6.20. The number of carbonyl (C=O) groups excluding carboxylic acids is 3. The maximum atomic E-state index is 13.0. The molecule has 0 unspecified atom stereocenters. The van der Waals surface area contributed by atoms with E-state index in [1.807, 2.05) is 30.3 Å². The molecule has 2 amide bonds. The molecule has 1 aliphatic heterocycles. The molecule has 0 bridgehead atoms. The minimum atomic E-state index is -0.640. The average molecular weight is 598 g/mol. The van der Waals surface area contributed by atoms with Gasteiger partial charge < -0.3 is 18.6 Å². The van der Waals surface area contributed by atoms with Crippen LogP contribution in [0.5, 0.6) is 11.5 Å². The zero-order valence-electron chi connectivity index (χ0n) is 20.7. The summed E-state index contributed by atoms with van der Waals surface area (Å²) in [5.41, 5.74) is 2.49. The van der Waals surface area contributed by atoms with Crippen molar-refractivity contribution in [3.63, 3.8) is 0 Å². The number of methoxy groups -OCH3 is 2. The van der Waals surface area contributed by atoms with Gasteiger partial charge in [0.05, 0.1) is 25.7 Å². The van der Waals surface area contributed by atoms with Crippen LogP contribution in [0.4, 0.5) is 4.79 Å². The third-order valence-corrected chi connectivity index (χ3v) is 7.00. The summed E-state index contributed by atoms with van der Waals surface area (Å²) in [5, 5.41) is -0.440. The van der Waals surface area contributed by atoms with Crippen molar-refractivity contribution in [1.82, 2.24) is 4.90 Å². The molecule has 0 saturated carbocycles. The van der Waals surface area contributed by atoms with Gasteiger partial charge in [0.15, 0.2) is 11.5 Å². The van der Waals surface area contributed by atoms with Gasteiger partial charge in [-0.1, -0.05) is 34.1 Å². The topological polar surface area (TPSA) is 95.3 Å². The molecule has 196 valence electrons. The number of ether oxygens (including phenoxy) is 3. The molecule has 2 aromatic carbocycles. The molecule has 0 radical (unpaired) electrons. The van der Waals surface area contributed by atoms with Crippen molar-refractivity contribution in [2.24, 2.45) is 0 Å². The predicted molar refractivity (Wildman–Crippen MR) is 147 cm³/mol. The van der Waals surface area contributed by atoms with Gasteiger partial charge in [-0.25, -0.2) is 4.79 Å². The van der Waals surface area contributed by atoms with Gasteiger partial charge in [0.2, 0.25) is 5.76 Å². The van der Waals surface area contributed by atoms with E-state index in [-0.39, 0.29) is 23.0 Å². The fourth-order valence-corrected chi connectivity index (χ4v) is 4.84. The van der Waals surface area contributed by atoms with E-state index in [4.69, 9.17) is 13.9 Å². The molecule has 4 rings (SSSR count). The summed E-state index contributed by atoms with van der Waals surface area (Å²) in [6.07, 6.45) is 3.90. The molecule has 8 nitrogen and oxygen atoms in total. The van der Waals surface area contributed by atoms with Crippen LogP contribution in [0.1, 0.15) is 33.0 Å². The second kappa shape index (κ2) is 12.2. The van der Waals surface area contributed by atoms with Crippen LogP contribution in [0.15, 0.2) is 75.0 Å². The summed E-state index contributed by atoms with van der Waals surface area (Å²) in [5.74, 6) is 0.262. The number of halogens is 1. The number of imide groups is 1. The Morgan fingerprint density at radius 2 is 1.89 bits per heavy atom. The Morgan fingerprint density at radius 3 is 2.58 bits per heavy atom. The van der Waals surface area contributed by atoms with Crippen molar-refractivity contribution >= 4 is 50.9 Å². The summed E-state index contributed by atoms with van der Waals surface area (Å²) in [6.45, 7) is 4.08. The minimum absolute atomic E-state index is 0.00528. The standard InChI is InChI=1S/C28H24BrNO7S/c1-4-5-19-12-18(13-23(34-2)25(19)36-16-17-6-8-20(29)9-7-17)14-24-26(31)30(28(33)38-24)15-21-10-11-22(37-21)27(32)35-3/h4,6-14H,1,5,15-16H2,2-3H3/b24-14+. The molecule has 0 N–H and O–H groups in total. The van der Waals surface area contributed by atoms with Gasteiger partial charge in [0.1, 0.15) is 12.4 Å². The minimum Gasteiger partial charge on any atom is -0.493 e. The van der Waals surface area contributed by atoms with Gasteiger partial charge in [-0.2, -0.15) is 0 Å². The summed E-state index contributed by atoms with van der Waals surface area (Å²) in [4.78, 5) is 38.6. The summed E-state index contributed by atoms with van der Waals surface area (Å²) < 4.78 is 22.7. The highest BCUT2D eigenvalue weighted by atomic mass is 79.9. The molecule has 1 fully saturated rings. The number of allylic oxidation sites excluding steroid dienone is 1. The van der Waals surface area contributed by atoms with Gasteiger partial charge in [0.25, 0.3) is 11.1 Å². The molecular formula is C28H24BrNO7S. The molecule has 1 aromatic heterocycles. The lowest BCUT2D eigenvalue weighted by atomic mass is 10.0. The first kappa shape index (κ1) is 27.3. The average Bonchev–Trinajstić information content (AvgIpc) is 3.49. The molecule has 0 aliphatic carbocycles. The first-order valence-electron chi connectivity index (χ1n) is 11.4. The predicted octanol–water partition coefficient (Wildman–Crippen LogP) is 6.38. The fourth-order valence-electron chi connectivity index (χ4n) is 3.74. The Bertz CT molecular complexity index is 1410. The Morgan fingerprint density at radius 1 is 1.13 bits per heavy atom. The molecule has 2 heterocycles. The van der Waals surface area contributed by atoms with Gasteiger partial charge in [-0.3, -0.25) is 14.5 Å².